The molecule has 2 N–H and O–H groups in total. The Morgan fingerprint density at radius 3 is 2.67 bits per heavy atom. The fourth-order valence-corrected chi connectivity index (χ4v) is 2.18. The lowest BCUT2D eigenvalue weighted by Gasteiger charge is -2.05. The Hall–Kier alpha value is -2.10. The maximum Gasteiger partial charge on any atom is 0.222 e. The highest BCUT2D eigenvalue weighted by Gasteiger charge is 2.30. The molecule has 1 aliphatic carbocycles. The van der Waals surface area contributed by atoms with Gasteiger partial charge in [0.25, 0.3) is 0 Å². The van der Waals surface area contributed by atoms with Crippen molar-refractivity contribution in [1.29, 1.82) is 0 Å². The van der Waals surface area contributed by atoms with Gasteiger partial charge in [-0.2, -0.15) is 5.10 Å². The molecular formula is C14H15N3O. The first kappa shape index (κ1) is 11.0. The van der Waals surface area contributed by atoms with Crippen LogP contribution in [0.2, 0.25) is 0 Å². The maximum atomic E-state index is 11.2. The molecule has 1 saturated carbocycles. The fraction of sp³-hybridized carbons (Fsp3) is 0.286. The quantitative estimate of drug-likeness (QED) is 0.868. The molecule has 2 aromatic rings. The first-order valence-electron chi connectivity index (χ1n) is 6.17. The number of rotatable bonds is 3. The van der Waals surface area contributed by atoms with Gasteiger partial charge < -0.3 is 5.32 Å². The number of hydrogen-bond acceptors (Lipinski definition) is 2. The minimum absolute atomic E-state index is 0.0963. The first-order chi connectivity index (χ1) is 8.75. The molecular weight excluding hydrogens is 226 g/mol. The van der Waals surface area contributed by atoms with Crippen LogP contribution in [0, 0.1) is 0 Å². The van der Waals surface area contributed by atoms with E-state index in [1.165, 1.54) is 19.8 Å². The van der Waals surface area contributed by atoms with E-state index in [-0.39, 0.29) is 5.91 Å². The average molecular weight is 241 g/mol. The van der Waals surface area contributed by atoms with Gasteiger partial charge in [-0.15, -0.1) is 0 Å². The van der Waals surface area contributed by atoms with E-state index in [0.29, 0.717) is 11.7 Å². The van der Waals surface area contributed by atoms with Gasteiger partial charge in [0.2, 0.25) is 5.91 Å². The summed E-state index contributed by atoms with van der Waals surface area (Å²) in [5.74, 6) is 1.10. The van der Waals surface area contributed by atoms with E-state index in [1.54, 1.807) is 0 Å². The second-order valence-corrected chi connectivity index (χ2v) is 4.68. The Kier molecular flexibility index (Phi) is 2.63. The van der Waals surface area contributed by atoms with Crippen LogP contribution in [-0.2, 0) is 4.79 Å². The molecule has 18 heavy (non-hydrogen) atoms. The molecule has 0 atom stereocenters. The average Bonchev–Trinajstić information content (AvgIpc) is 3.12. The zero-order valence-corrected chi connectivity index (χ0v) is 10.2. The maximum absolute atomic E-state index is 11.2. The summed E-state index contributed by atoms with van der Waals surface area (Å²) in [6.45, 7) is 1.50. The van der Waals surface area contributed by atoms with Gasteiger partial charge in [-0.3, -0.25) is 9.89 Å². The van der Waals surface area contributed by atoms with E-state index < -0.39 is 0 Å². The Labute approximate surface area is 105 Å². The number of carbonyl (C=O) groups excluding carboxylic acids is 1. The molecule has 4 nitrogen and oxygen atoms in total. The number of anilines is 1. The molecule has 1 heterocycles. The number of hydrogen-bond donors (Lipinski definition) is 2. The molecule has 1 aromatic carbocycles. The third-order valence-corrected chi connectivity index (χ3v) is 3.14. The zero-order valence-electron chi connectivity index (χ0n) is 10.2. The largest absolute Gasteiger partial charge is 0.309 e. The number of carbonyl (C=O) groups is 1. The van der Waals surface area contributed by atoms with Gasteiger partial charge in [0.15, 0.2) is 5.82 Å². The molecule has 1 fully saturated rings. The standard InChI is InChI=1S/C14H15N3O/c1-9(18)15-14-12(10-5-3-2-4-6-10)13(16-17-14)11-7-8-11/h2-6,11H,7-8H2,1H3,(H2,15,16,17,18). The van der Waals surface area contributed by atoms with Gasteiger partial charge in [0.05, 0.1) is 0 Å². The van der Waals surface area contributed by atoms with E-state index in [2.05, 4.69) is 15.5 Å². The Balaban J connectivity index is 2.08. The second kappa shape index (κ2) is 4.29. The summed E-state index contributed by atoms with van der Waals surface area (Å²) in [6.07, 6.45) is 2.39. The predicted molar refractivity (Wildman–Crippen MR) is 70.3 cm³/mol. The van der Waals surface area contributed by atoms with E-state index >= 15 is 0 Å². The summed E-state index contributed by atoms with van der Waals surface area (Å²) in [5.41, 5.74) is 3.27. The third kappa shape index (κ3) is 2.01. The smallest absolute Gasteiger partial charge is 0.222 e. The van der Waals surface area contributed by atoms with Gasteiger partial charge in [-0.05, 0) is 18.4 Å². The Morgan fingerprint density at radius 1 is 1.33 bits per heavy atom. The lowest BCUT2D eigenvalue weighted by Crippen LogP contribution is -2.07. The van der Waals surface area contributed by atoms with Crippen molar-refractivity contribution in [1.82, 2.24) is 10.2 Å². The molecule has 1 amide bonds. The normalized spacial score (nSPS) is 14.5. The van der Waals surface area contributed by atoms with Crippen LogP contribution in [0.25, 0.3) is 11.1 Å². The second-order valence-electron chi connectivity index (χ2n) is 4.68. The van der Waals surface area contributed by atoms with E-state index in [4.69, 9.17) is 0 Å². The lowest BCUT2D eigenvalue weighted by atomic mass is 10.0. The summed E-state index contributed by atoms with van der Waals surface area (Å²) in [4.78, 5) is 11.2. The van der Waals surface area contributed by atoms with Crippen LogP contribution in [0.5, 0.6) is 0 Å². The van der Waals surface area contributed by atoms with Crippen molar-refractivity contribution in [2.75, 3.05) is 5.32 Å². The summed E-state index contributed by atoms with van der Waals surface area (Å²) in [6, 6.07) is 10.1. The van der Waals surface area contributed by atoms with E-state index in [9.17, 15) is 4.79 Å². The van der Waals surface area contributed by atoms with Crippen molar-refractivity contribution >= 4 is 11.7 Å². The molecule has 0 spiro atoms. The van der Waals surface area contributed by atoms with Crippen LogP contribution in [0.4, 0.5) is 5.82 Å². The molecule has 0 radical (unpaired) electrons. The topological polar surface area (TPSA) is 57.8 Å². The van der Waals surface area contributed by atoms with Crippen molar-refractivity contribution in [2.24, 2.45) is 0 Å². The first-order valence-corrected chi connectivity index (χ1v) is 6.17. The van der Waals surface area contributed by atoms with Crippen molar-refractivity contribution < 1.29 is 4.79 Å². The van der Waals surface area contributed by atoms with Crippen LogP contribution in [0.15, 0.2) is 30.3 Å². The van der Waals surface area contributed by atoms with Gasteiger partial charge in [0, 0.05) is 24.1 Å². The van der Waals surface area contributed by atoms with Crippen LogP contribution in [0.1, 0.15) is 31.4 Å². The molecule has 1 aromatic heterocycles. The summed E-state index contributed by atoms with van der Waals surface area (Å²) < 4.78 is 0. The fourth-order valence-electron chi connectivity index (χ4n) is 2.18. The monoisotopic (exact) mass is 241 g/mol. The molecule has 0 saturated heterocycles. The van der Waals surface area contributed by atoms with Gasteiger partial charge >= 0.3 is 0 Å². The van der Waals surface area contributed by atoms with Crippen molar-refractivity contribution in [3.05, 3.63) is 36.0 Å². The molecule has 1 aliphatic rings. The lowest BCUT2D eigenvalue weighted by molar-refractivity contribution is -0.114. The van der Waals surface area contributed by atoms with E-state index in [0.717, 1.165) is 16.8 Å². The summed E-state index contributed by atoms with van der Waals surface area (Å²) in [7, 11) is 0. The molecule has 0 aliphatic heterocycles. The molecule has 92 valence electrons. The summed E-state index contributed by atoms with van der Waals surface area (Å²) >= 11 is 0. The van der Waals surface area contributed by atoms with Crippen molar-refractivity contribution in [2.45, 2.75) is 25.7 Å². The number of aromatic nitrogens is 2. The SMILES string of the molecule is CC(=O)Nc1n[nH]c(C2CC2)c1-c1ccccc1. The van der Waals surface area contributed by atoms with Crippen molar-refractivity contribution in [3.63, 3.8) is 0 Å². The highest BCUT2D eigenvalue weighted by atomic mass is 16.1. The third-order valence-electron chi connectivity index (χ3n) is 3.14. The van der Waals surface area contributed by atoms with Crippen molar-refractivity contribution in [3.8, 4) is 11.1 Å². The van der Waals surface area contributed by atoms with Gasteiger partial charge in [-0.1, -0.05) is 30.3 Å². The number of nitrogens with zero attached hydrogens (tertiary/aromatic N) is 1. The molecule has 3 rings (SSSR count). The zero-order chi connectivity index (χ0) is 12.5. The van der Waals surface area contributed by atoms with Crippen LogP contribution < -0.4 is 5.32 Å². The number of benzene rings is 1. The minimum Gasteiger partial charge on any atom is -0.309 e. The molecule has 4 heteroatoms. The number of amides is 1. The molecule has 0 unspecified atom stereocenters. The highest BCUT2D eigenvalue weighted by molar-refractivity contribution is 5.93. The van der Waals surface area contributed by atoms with E-state index in [1.807, 2.05) is 30.3 Å². The summed E-state index contributed by atoms with van der Waals surface area (Å²) in [5, 5.41) is 10.1. The Morgan fingerprint density at radius 2 is 2.06 bits per heavy atom. The number of nitrogens with one attached hydrogen (secondary N) is 2. The van der Waals surface area contributed by atoms with Crippen LogP contribution in [0.3, 0.4) is 0 Å². The minimum atomic E-state index is -0.0963. The Bertz CT molecular complexity index is 570. The highest BCUT2D eigenvalue weighted by Crippen LogP contribution is 2.45. The van der Waals surface area contributed by atoms with Gasteiger partial charge in [0.1, 0.15) is 0 Å². The van der Waals surface area contributed by atoms with Crippen LogP contribution in [-0.4, -0.2) is 16.1 Å². The van der Waals surface area contributed by atoms with Crippen LogP contribution >= 0.6 is 0 Å². The number of aromatic amines is 1. The number of H-pyrrole nitrogens is 1. The predicted octanol–water partition coefficient (Wildman–Crippen LogP) is 2.91. The van der Waals surface area contributed by atoms with Gasteiger partial charge in [-0.25, -0.2) is 0 Å². The molecule has 0 bridgehead atoms.